The van der Waals surface area contributed by atoms with Gasteiger partial charge in [0.15, 0.2) is 11.7 Å². The third-order valence-corrected chi connectivity index (χ3v) is 4.63. The van der Waals surface area contributed by atoms with E-state index in [2.05, 4.69) is 42.1 Å². The molecule has 0 bridgehead atoms. The molecule has 0 atom stereocenters. The first-order valence-corrected chi connectivity index (χ1v) is 9.45. The summed E-state index contributed by atoms with van der Waals surface area (Å²) in [5.41, 5.74) is 7.55. The molecular weight excluding hydrogens is 334 g/mol. The number of nitrogens with one attached hydrogen (secondary N) is 3. The zero-order chi connectivity index (χ0) is 18.2. The lowest BCUT2D eigenvalue weighted by atomic mass is 9.96. The second-order valence-corrected chi connectivity index (χ2v) is 7.37. The van der Waals surface area contributed by atoms with Gasteiger partial charge in [-0.15, -0.1) is 0 Å². The van der Waals surface area contributed by atoms with Gasteiger partial charge in [0.2, 0.25) is 0 Å². The van der Waals surface area contributed by atoms with Crippen molar-refractivity contribution >= 4 is 23.2 Å². The highest BCUT2D eigenvalue weighted by atomic mass is 32.1. The van der Waals surface area contributed by atoms with Crippen LogP contribution in [0.1, 0.15) is 63.0 Å². The van der Waals surface area contributed by atoms with Crippen LogP contribution >= 0.6 is 12.2 Å². The van der Waals surface area contributed by atoms with Crippen LogP contribution in [-0.2, 0) is 4.79 Å². The van der Waals surface area contributed by atoms with Crippen LogP contribution in [-0.4, -0.2) is 23.7 Å². The zero-order valence-electron chi connectivity index (χ0n) is 15.4. The molecule has 0 heterocycles. The molecule has 0 unspecified atom stereocenters. The third kappa shape index (κ3) is 6.53. The Bertz CT molecular complexity index is 598. The van der Waals surface area contributed by atoms with Gasteiger partial charge >= 0.3 is 0 Å². The van der Waals surface area contributed by atoms with E-state index < -0.39 is 0 Å². The second-order valence-electron chi connectivity index (χ2n) is 6.97. The number of amides is 1. The smallest absolute Gasteiger partial charge is 0.276 e. The minimum Gasteiger partial charge on any atom is -0.483 e. The quantitative estimate of drug-likeness (QED) is 0.553. The first-order chi connectivity index (χ1) is 12.0. The topological polar surface area (TPSA) is 62.4 Å². The van der Waals surface area contributed by atoms with E-state index in [4.69, 9.17) is 17.0 Å². The minimum atomic E-state index is -0.260. The Kier molecular flexibility index (Phi) is 7.50. The van der Waals surface area contributed by atoms with Crippen molar-refractivity contribution in [2.75, 3.05) is 6.61 Å². The largest absolute Gasteiger partial charge is 0.483 e. The molecule has 2 rings (SSSR count). The lowest BCUT2D eigenvalue weighted by Crippen LogP contribution is -2.51. The fourth-order valence-corrected chi connectivity index (χ4v) is 3.24. The summed E-state index contributed by atoms with van der Waals surface area (Å²) in [5, 5.41) is 3.70. The van der Waals surface area contributed by atoms with Crippen molar-refractivity contribution in [1.29, 1.82) is 0 Å². The number of rotatable bonds is 5. The van der Waals surface area contributed by atoms with E-state index >= 15 is 0 Å². The summed E-state index contributed by atoms with van der Waals surface area (Å²) in [6, 6.07) is 6.47. The Morgan fingerprint density at radius 1 is 1.24 bits per heavy atom. The van der Waals surface area contributed by atoms with E-state index in [0.717, 1.165) is 29.7 Å². The Balaban J connectivity index is 1.75. The summed E-state index contributed by atoms with van der Waals surface area (Å²) in [7, 11) is 0. The van der Waals surface area contributed by atoms with Crippen molar-refractivity contribution in [1.82, 2.24) is 16.2 Å². The highest BCUT2D eigenvalue weighted by molar-refractivity contribution is 7.80. The molecule has 0 aliphatic heterocycles. The molecule has 1 aromatic rings. The fraction of sp³-hybridized carbons (Fsp3) is 0.579. The van der Waals surface area contributed by atoms with Crippen LogP contribution in [0.4, 0.5) is 0 Å². The van der Waals surface area contributed by atoms with Gasteiger partial charge in [0.1, 0.15) is 5.75 Å². The van der Waals surface area contributed by atoms with Crippen molar-refractivity contribution in [3.63, 3.8) is 0 Å². The molecule has 0 radical (unpaired) electrons. The molecule has 3 N–H and O–H groups in total. The highest BCUT2D eigenvalue weighted by Gasteiger charge is 2.14. The summed E-state index contributed by atoms with van der Waals surface area (Å²) in [6.45, 7) is 6.17. The average Bonchev–Trinajstić information content (AvgIpc) is 2.59. The maximum Gasteiger partial charge on any atom is 0.276 e. The first-order valence-electron chi connectivity index (χ1n) is 9.04. The van der Waals surface area contributed by atoms with Crippen molar-refractivity contribution in [3.8, 4) is 5.75 Å². The van der Waals surface area contributed by atoms with E-state index in [1.165, 1.54) is 19.3 Å². The molecule has 1 amide bonds. The van der Waals surface area contributed by atoms with Crippen LogP contribution in [0, 0.1) is 6.92 Å². The SMILES string of the molecule is Cc1ccc(C(C)C)c(OCC(=O)NNC(=S)NC2CCCCC2)c1. The predicted molar refractivity (Wildman–Crippen MR) is 105 cm³/mol. The Hall–Kier alpha value is -1.82. The second kappa shape index (κ2) is 9.61. The van der Waals surface area contributed by atoms with Crippen LogP contribution in [0.15, 0.2) is 18.2 Å². The monoisotopic (exact) mass is 363 g/mol. The zero-order valence-corrected chi connectivity index (χ0v) is 16.2. The van der Waals surface area contributed by atoms with Gasteiger partial charge in [-0.1, -0.05) is 45.2 Å². The molecular formula is C19H29N3O2S. The average molecular weight is 364 g/mol. The van der Waals surface area contributed by atoms with Gasteiger partial charge in [0, 0.05) is 6.04 Å². The Morgan fingerprint density at radius 3 is 2.64 bits per heavy atom. The summed E-state index contributed by atoms with van der Waals surface area (Å²) in [5.74, 6) is 0.834. The Morgan fingerprint density at radius 2 is 1.96 bits per heavy atom. The number of ether oxygens (including phenoxy) is 1. The van der Waals surface area contributed by atoms with Crippen molar-refractivity contribution < 1.29 is 9.53 Å². The van der Waals surface area contributed by atoms with E-state index in [-0.39, 0.29) is 12.5 Å². The van der Waals surface area contributed by atoms with E-state index in [1.54, 1.807) is 0 Å². The minimum absolute atomic E-state index is 0.0534. The molecule has 25 heavy (non-hydrogen) atoms. The molecule has 1 aromatic carbocycles. The predicted octanol–water partition coefficient (Wildman–Crippen LogP) is 3.33. The van der Waals surface area contributed by atoms with Gasteiger partial charge in [-0.3, -0.25) is 15.6 Å². The number of hydrazine groups is 1. The molecule has 5 nitrogen and oxygen atoms in total. The van der Waals surface area contributed by atoms with Crippen molar-refractivity contribution in [3.05, 3.63) is 29.3 Å². The van der Waals surface area contributed by atoms with Gasteiger partial charge in [-0.2, -0.15) is 0 Å². The van der Waals surface area contributed by atoms with E-state index in [9.17, 15) is 4.79 Å². The van der Waals surface area contributed by atoms with Crippen LogP contribution in [0.3, 0.4) is 0 Å². The molecule has 6 heteroatoms. The lowest BCUT2D eigenvalue weighted by Gasteiger charge is -2.24. The molecule has 0 aromatic heterocycles. The molecule has 0 saturated heterocycles. The molecule has 138 valence electrons. The van der Waals surface area contributed by atoms with Crippen LogP contribution in [0.2, 0.25) is 0 Å². The summed E-state index contributed by atoms with van der Waals surface area (Å²) < 4.78 is 5.71. The third-order valence-electron chi connectivity index (χ3n) is 4.41. The number of hydrogen-bond acceptors (Lipinski definition) is 3. The van der Waals surface area contributed by atoms with E-state index in [0.29, 0.717) is 17.1 Å². The van der Waals surface area contributed by atoms with Gasteiger partial charge in [0.25, 0.3) is 5.91 Å². The normalized spacial score (nSPS) is 14.9. The molecule has 1 aliphatic carbocycles. The first kappa shape index (κ1) is 19.5. The summed E-state index contributed by atoms with van der Waals surface area (Å²) in [6.07, 6.45) is 6.02. The van der Waals surface area contributed by atoms with Gasteiger partial charge < -0.3 is 10.1 Å². The number of carbonyl (C=O) groups is 1. The van der Waals surface area contributed by atoms with Gasteiger partial charge in [-0.05, 0) is 55.1 Å². The number of hydrogen-bond donors (Lipinski definition) is 3. The summed E-state index contributed by atoms with van der Waals surface area (Å²) in [4.78, 5) is 12.0. The standard InChI is InChI=1S/C19H29N3O2S/c1-13(2)16-10-9-14(3)11-17(16)24-12-18(23)21-22-19(25)20-15-7-5-4-6-8-15/h9-11,13,15H,4-8,12H2,1-3H3,(H,21,23)(H2,20,22,25). The van der Waals surface area contributed by atoms with Gasteiger partial charge in [-0.25, -0.2) is 0 Å². The maximum absolute atomic E-state index is 12.0. The van der Waals surface area contributed by atoms with Crippen LogP contribution in [0.5, 0.6) is 5.75 Å². The summed E-state index contributed by atoms with van der Waals surface area (Å²) >= 11 is 5.23. The molecule has 1 saturated carbocycles. The van der Waals surface area contributed by atoms with Crippen molar-refractivity contribution in [2.24, 2.45) is 0 Å². The number of thiocarbonyl (C=S) groups is 1. The fourth-order valence-electron chi connectivity index (χ4n) is 3.02. The molecule has 1 aliphatic rings. The van der Waals surface area contributed by atoms with Crippen LogP contribution in [0.25, 0.3) is 0 Å². The van der Waals surface area contributed by atoms with Crippen LogP contribution < -0.4 is 20.9 Å². The molecule has 1 fully saturated rings. The van der Waals surface area contributed by atoms with Crippen molar-refractivity contribution in [2.45, 2.75) is 64.8 Å². The van der Waals surface area contributed by atoms with Gasteiger partial charge in [0.05, 0.1) is 0 Å². The number of benzene rings is 1. The number of carbonyl (C=O) groups excluding carboxylic acids is 1. The maximum atomic E-state index is 12.0. The Labute approximate surface area is 155 Å². The molecule has 0 spiro atoms. The highest BCUT2D eigenvalue weighted by Crippen LogP contribution is 2.27. The number of aryl methyl sites for hydroxylation is 1. The van der Waals surface area contributed by atoms with E-state index in [1.807, 2.05) is 13.0 Å². The lowest BCUT2D eigenvalue weighted by molar-refractivity contribution is -0.123.